The van der Waals surface area contributed by atoms with Crippen LogP contribution in [0.2, 0.25) is 0 Å². The highest BCUT2D eigenvalue weighted by Crippen LogP contribution is 2.17. The highest BCUT2D eigenvalue weighted by atomic mass is 16.6. The van der Waals surface area contributed by atoms with E-state index in [0.717, 1.165) is 13.2 Å². The summed E-state index contributed by atoms with van der Waals surface area (Å²) in [6, 6.07) is 2.59. The Hall–Kier alpha value is -2.48. The van der Waals surface area contributed by atoms with Gasteiger partial charge >= 0.3 is 5.97 Å². The average molecular weight is 282 g/mol. The maximum atomic E-state index is 12.0. The summed E-state index contributed by atoms with van der Waals surface area (Å²) in [4.78, 5) is 33.3. The van der Waals surface area contributed by atoms with Crippen LogP contribution < -0.4 is 5.32 Å². The third kappa shape index (κ3) is 3.51. The summed E-state index contributed by atoms with van der Waals surface area (Å²) in [5, 5.41) is 21.9. The fraction of sp³-hybridized carbons (Fsp3) is 0.333. The lowest BCUT2D eigenvalue weighted by molar-refractivity contribution is -0.384. The van der Waals surface area contributed by atoms with Crippen LogP contribution in [0.15, 0.2) is 18.2 Å². The molecule has 8 heteroatoms. The van der Waals surface area contributed by atoms with Gasteiger partial charge in [0.2, 0.25) is 0 Å². The maximum Gasteiger partial charge on any atom is 0.330 e. The molecule has 108 valence electrons. The second-order valence-corrected chi connectivity index (χ2v) is 3.99. The lowest BCUT2D eigenvalue weighted by Crippen LogP contribution is -2.44. The first-order valence-electron chi connectivity index (χ1n) is 5.65. The normalized spacial score (nSPS) is 11.6. The molecule has 1 rings (SSSR count). The molecule has 0 spiro atoms. The fourth-order valence-corrected chi connectivity index (χ4v) is 1.53. The molecular formula is C12H14N2O6. The van der Waals surface area contributed by atoms with Crippen molar-refractivity contribution in [1.29, 1.82) is 0 Å². The standard InChI is InChI=1S/C12H14N2O6/c1-7-3-4-8(14(18)19)5-9(7)11(16)13-10(6-15)12(17)20-2/h3-5,10,15H,6H2,1-2H3,(H,13,16). The van der Waals surface area contributed by atoms with E-state index in [1.807, 2.05) is 0 Å². The highest BCUT2D eigenvalue weighted by Gasteiger charge is 2.23. The molecule has 0 bridgehead atoms. The van der Waals surface area contributed by atoms with Crippen LogP contribution in [0.3, 0.4) is 0 Å². The molecule has 0 aromatic heterocycles. The molecule has 0 saturated carbocycles. The van der Waals surface area contributed by atoms with Crippen LogP contribution in [0.5, 0.6) is 0 Å². The summed E-state index contributed by atoms with van der Waals surface area (Å²) in [5.41, 5.74) is 0.329. The number of nitrogens with zero attached hydrogens (tertiary/aromatic N) is 1. The number of amides is 1. The first kappa shape index (κ1) is 15.6. The van der Waals surface area contributed by atoms with Gasteiger partial charge in [0.05, 0.1) is 18.6 Å². The maximum absolute atomic E-state index is 12.0. The summed E-state index contributed by atoms with van der Waals surface area (Å²) < 4.78 is 4.41. The molecule has 0 aliphatic rings. The molecule has 0 saturated heterocycles. The second-order valence-electron chi connectivity index (χ2n) is 3.99. The number of methoxy groups -OCH3 is 1. The molecule has 1 aromatic rings. The number of carbonyl (C=O) groups is 2. The second kappa shape index (κ2) is 6.62. The Morgan fingerprint density at radius 2 is 2.15 bits per heavy atom. The van der Waals surface area contributed by atoms with Crippen LogP contribution in [0.4, 0.5) is 5.69 Å². The van der Waals surface area contributed by atoms with Crippen LogP contribution >= 0.6 is 0 Å². The van der Waals surface area contributed by atoms with E-state index in [1.165, 1.54) is 12.1 Å². The van der Waals surface area contributed by atoms with E-state index in [-0.39, 0.29) is 11.3 Å². The van der Waals surface area contributed by atoms with E-state index in [1.54, 1.807) is 6.92 Å². The van der Waals surface area contributed by atoms with Gasteiger partial charge in [-0.05, 0) is 12.5 Å². The molecule has 0 heterocycles. The Balaban J connectivity index is 2.99. The molecule has 1 amide bonds. The van der Waals surface area contributed by atoms with Crippen molar-refractivity contribution in [3.05, 3.63) is 39.4 Å². The van der Waals surface area contributed by atoms with Crippen molar-refractivity contribution in [2.45, 2.75) is 13.0 Å². The number of esters is 1. The number of aliphatic hydroxyl groups excluding tert-OH is 1. The van der Waals surface area contributed by atoms with Crippen LogP contribution in [0.1, 0.15) is 15.9 Å². The highest BCUT2D eigenvalue weighted by molar-refractivity contribution is 5.98. The topological polar surface area (TPSA) is 119 Å². The number of nitro benzene ring substituents is 1. The van der Waals surface area contributed by atoms with Crippen molar-refractivity contribution < 1.29 is 24.4 Å². The molecule has 0 radical (unpaired) electrons. The van der Waals surface area contributed by atoms with E-state index in [0.29, 0.717) is 5.56 Å². The number of nitro groups is 1. The number of rotatable bonds is 5. The lowest BCUT2D eigenvalue weighted by Gasteiger charge is -2.14. The van der Waals surface area contributed by atoms with Crippen molar-refractivity contribution >= 4 is 17.6 Å². The first-order valence-corrected chi connectivity index (χ1v) is 5.65. The van der Waals surface area contributed by atoms with Crippen molar-refractivity contribution in [3.8, 4) is 0 Å². The Labute approximate surface area is 114 Å². The van der Waals surface area contributed by atoms with Gasteiger partial charge in [0.25, 0.3) is 11.6 Å². The third-order valence-corrected chi connectivity index (χ3v) is 2.65. The van der Waals surface area contributed by atoms with E-state index in [4.69, 9.17) is 5.11 Å². The number of hydrogen-bond acceptors (Lipinski definition) is 6. The van der Waals surface area contributed by atoms with Gasteiger partial charge in [-0.3, -0.25) is 14.9 Å². The number of benzene rings is 1. The van der Waals surface area contributed by atoms with Gasteiger partial charge in [-0.2, -0.15) is 0 Å². The van der Waals surface area contributed by atoms with Gasteiger partial charge in [-0.15, -0.1) is 0 Å². The molecule has 0 aliphatic heterocycles. The quantitative estimate of drug-likeness (QED) is 0.451. The summed E-state index contributed by atoms with van der Waals surface area (Å²) in [6.45, 7) is 0.969. The fourth-order valence-electron chi connectivity index (χ4n) is 1.53. The van der Waals surface area contributed by atoms with Crippen LogP contribution in [-0.4, -0.2) is 41.7 Å². The van der Waals surface area contributed by atoms with Gasteiger partial charge in [0.1, 0.15) is 0 Å². The van der Waals surface area contributed by atoms with Crippen molar-refractivity contribution in [3.63, 3.8) is 0 Å². The van der Waals surface area contributed by atoms with Gasteiger partial charge in [-0.1, -0.05) is 6.07 Å². The minimum atomic E-state index is -1.22. The number of aryl methyl sites for hydroxylation is 1. The molecule has 0 fully saturated rings. The van der Waals surface area contributed by atoms with Crippen molar-refractivity contribution in [1.82, 2.24) is 5.32 Å². The SMILES string of the molecule is COC(=O)C(CO)NC(=O)c1cc([N+](=O)[O-])ccc1C. The summed E-state index contributed by atoms with van der Waals surface area (Å²) in [7, 11) is 1.12. The van der Waals surface area contributed by atoms with E-state index in [2.05, 4.69) is 10.1 Å². The molecule has 2 N–H and O–H groups in total. The van der Waals surface area contributed by atoms with Crippen LogP contribution in [0, 0.1) is 17.0 Å². The molecule has 20 heavy (non-hydrogen) atoms. The largest absolute Gasteiger partial charge is 0.467 e. The number of nitrogens with one attached hydrogen (secondary N) is 1. The van der Waals surface area contributed by atoms with Gasteiger partial charge in [0, 0.05) is 17.7 Å². The molecule has 1 atom stereocenters. The predicted octanol–water partition coefficient (Wildman–Crippen LogP) is 0.167. The molecular weight excluding hydrogens is 268 g/mol. The minimum Gasteiger partial charge on any atom is -0.467 e. The monoisotopic (exact) mass is 282 g/mol. The van der Waals surface area contributed by atoms with Gasteiger partial charge < -0.3 is 15.2 Å². The lowest BCUT2D eigenvalue weighted by atomic mass is 10.1. The zero-order valence-corrected chi connectivity index (χ0v) is 11.0. The number of hydrogen-bond donors (Lipinski definition) is 2. The zero-order chi connectivity index (χ0) is 15.3. The summed E-state index contributed by atoms with van der Waals surface area (Å²) in [5.74, 6) is -1.50. The molecule has 0 aliphatic carbocycles. The van der Waals surface area contributed by atoms with Gasteiger partial charge in [-0.25, -0.2) is 4.79 Å². The van der Waals surface area contributed by atoms with Crippen LogP contribution in [-0.2, 0) is 9.53 Å². The number of non-ortho nitro benzene ring substituents is 1. The minimum absolute atomic E-state index is 0.0570. The van der Waals surface area contributed by atoms with E-state index >= 15 is 0 Å². The number of ether oxygens (including phenoxy) is 1. The molecule has 8 nitrogen and oxygen atoms in total. The van der Waals surface area contributed by atoms with E-state index < -0.39 is 29.4 Å². The molecule has 1 aromatic carbocycles. The Morgan fingerprint density at radius 3 is 2.65 bits per heavy atom. The van der Waals surface area contributed by atoms with Gasteiger partial charge in [0.15, 0.2) is 6.04 Å². The summed E-state index contributed by atoms with van der Waals surface area (Å²) >= 11 is 0. The number of aliphatic hydroxyl groups is 1. The molecule has 1 unspecified atom stereocenters. The van der Waals surface area contributed by atoms with Crippen molar-refractivity contribution in [2.75, 3.05) is 13.7 Å². The number of carbonyl (C=O) groups excluding carboxylic acids is 2. The van der Waals surface area contributed by atoms with E-state index in [9.17, 15) is 19.7 Å². The summed E-state index contributed by atoms with van der Waals surface area (Å²) in [6.07, 6.45) is 0. The van der Waals surface area contributed by atoms with Crippen molar-refractivity contribution in [2.24, 2.45) is 0 Å². The smallest absolute Gasteiger partial charge is 0.330 e. The Kier molecular flexibility index (Phi) is 5.15. The Bertz CT molecular complexity index is 543. The first-order chi connectivity index (χ1) is 9.40. The zero-order valence-electron chi connectivity index (χ0n) is 11.0. The van der Waals surface area contributed by atoms with Crippen LogP contribution in [0.25, 0.3) is 0 Å². The Morgan fingerprint density at radius 1 is 1.50 bits per heavy atom. The predicted molar refractivity (Wildman–Crippen MR) is 68.2 cm³/mol. The third-order valence-electron chi connectivity index (χ3n) is 2.65. The average Bonchev–Trinajstić information content (AvgIpc) is 2.43.